The minimum absolute atomic E-state index is 0.216. The molecule has 0 amide bonds. The molecule has 0 saturated carbocycles. The van der Waals surface area contributed by atoms with Gasteiger partial charge in [-0.3, -0.25) is 4.89 Å². The van der Waals surface area contributed by atoms with Crippen molar-refractivity contribution in [3.8, 4) is 5.75 Å². The van der Waals surface area contributed by atoms with Gasteiger partial charge in [0.25, 0.3) is 0 Å². The first-order valence-electron chi connectivity index (χ1n) is 4.58. The van der Waals surface area contributed by atoms with Crippen LogP contribution in [0.3, 0.4) is 0 Å². The molecule has 1 aromatic rings. The molecule has 0 fully saturated rings. The van der Waals surface area contributed by atoms with Crippen LogP contribution in [0.25, 0.3) is 0 Å². The van der Waals surface area contributed by atoms with Gasteiger partial charge in [0.2, 0.25) is 0 Å². The van der Waals surface area contributed by atoms with Gasteiger partial charge in [0, 0.05) is 8.95 Å². The molecule has 120 valence electrons. The lowest BCUT2D eigenvalue weighted by Gasteiger charge is -2.16. The smallest absolute Gasteiger partial charge is 0.404 e. The Kier molecular flexibility index (Phi) is 6.40. The number of hydrogen-bond donors (Lipinski definition) is 4. The number of halogens is 2. The molecule has 0 aromatic heterocycles. The highest BCUT2D eigenvalue weighted by atomic mass is 79.9. The number of rotatable bonds is 6. The second-order valence-electron chi connectivity index (χ2n) is 3.26. The second-order valence-corrected chi connectivity index (χ2v) is 9.31. The summed E-state index contributed by atoms with van der Waals surface area (Å²) in [6.45, 7) is 0. The zero-order valence-electron chi connectivity index (χ0n) is 9.57. The number of hydrogen-bond acceptors (Lipinski definition) is 6. The second kappa shape index (κ2) is 6.90. The summed E-state index contributed by atoms with van der Waals surface area (Å²) in [5.74, 6) is -0.216. The highest BCUT2D eigenvalue weighted by molar-refractivity contribution is 9.13. The van der Waals surface area contributed by atoms with E-state index in [1.165, 1.54) is 18.2 Å². The van der Waals surface area contributed by atoms with Gasteiger partial charge in [-0.1, -0.05) is 0 Å². The largest absolute Gasteiger partial charge is 0.536 e. The van der Waals surface area contributed by atoms with Crippen LogP contribution >= 0.6 is 55.3 Å². The van der Waals surface area contributed by atoms with Crippen LogP contribution in [0.2, 0.25) is 0 Å². The SMILES string of the molecule is O=P(O)(O)OP(=O)(O)OP(=O)(O)Oc1ccc(Br)c(Br)c1. The molecule has 4 N–H and O–H groups in total. The molecule has 21 heavy (non-hydrogen) atoms. The van der Waals surface area contributed by atoms with Crippen molar-refractivity contribution in [3.63, 3.8) is 0 Å². The van der Waals surface area contributed by atoms with Crippen molar-refractivity contribution in [2.75, 3.05) is 0 Å². The molecule has 0 aliphatic rings. The summed E-state index contributed by atoms with van der Waals surface area (Å²) in [4.78, 5) is 35.0. The van der Waals surface area contributed by atoms with Crippen LogP contribution in [0.1, 0.15) is 0 Å². The normalized spacial score (nSPS) is 17.8. The van der Waals surface area contributed by atoms with E-state index in [1.807, 2.05) is 0 Å². The topological polar surface area (TPSA) is 160 Å². The number of phosphoric acid groups is 3. The number of benzene rings is 1. The van der Waals surface area contributed by atoms with Crippen molar-refractivity contribution >= 4 is 55.3 Å². The quantitative estimate of drug-likeness (QED) is 0.435. The Bertz CT molecular complexity index is 671. The van der Waals surface area contributed by atoms with E-state index in [-0.39, 0.29) is 5.75 Å². The van der Waals surface area contributed by atoms with E-state index in [1.54, 1.807) is 0 Å². The maximum Gasteiger partial charge on any atom is 0.536 e. The summed E-state index contributed by atoms with van der Waals surface area (Å²) in [6.07, 6.45) is 0. The summed E-state index contributed by atoms with van der Waals surface area (Å²) in [5, 5.41) is 0. The highest BCUT2D eigenvalue weighted by Gasteiger charge is 2.41. The average molecular weight is 492 g/mol. The van der Waals surface area contributed by atoms with E-state index >= 15 is 0 Å². The molecule has 10 nitrogen and oxygen atoms in total. The van der Waals surface area contributed by atoms with Gasteiger partial charge in [-0.25, -0.2) is 13.7 Å². The minimum atomic E-state index is -5.52. The van der Waals surface area contributed by atoms with Crippen LogP contribution in [0.5, 0.6) is 5.75 Å². The zero-order chi connectivity index (χ0) is 16.5. The molecular weight excluding hydrogens is 485 g/mol. The molecular formula is C6H7Br2O10P3. The van der Waals surface area contributed by atoms with E-state index in [0.717, 1.165) is 0 Å². The van der Waals surface area contributed by atoms with Crippen LogP contribution in [-0.2, 0) is 22.3 Å². The zero-order valence-corrected chi connectivity index (χ0v) is 15.4. The molecule has 1 aromatic carbocycles. The van der Waals surface area contributed by atoms with E-state index in [2.05, 4.69) is 45.0 Å². The third kappa shape index (κ3) is 7.49. The first-order chi connectivity index (χ1) is 9.30. The Morgan fingerprint density at radius 3 is 1.90 bits per heavy atom. The third-order valence-corrected chi connectivity index (χ3v) is 7.18. The van der Waals surface area contributed by atoms with Crippen molar-refractivity contribution in [2.24, 2.45) is 0 Å². The molecule has 0 aliphatic heterocycles. The Balaban J connectivity index is 2.86. The van der Waals surface area contributed by atoms with Gasteiger partial charge in [-0.15, -0.1) is 0 Å². The van der Waals surface area contributed by atoms with Gasteiger partial charge < -0.3 is 19.2 Å². The first-order valence-corrected chi connectivity index (χ1v) is 10.7. The molecule has 0 heterocycles. The standard InChI is InChI=1S/C6H7Br2O10P3/c7-5-2-1-4(3-6(5)8)16-20(12,13)18-21(14,15)17-19(9,10)11/h1-3H,(H,12,13)(H,14,15)(H2,9,10,11). The summed E-state index contributed by atoms with van der Waals surface area (Å²) >= 11 is 6.22. The molecule has 0 saturated heterocycles. The predicted octanol–water partition coefficient (Wildman–Crippen LogP) is 2.92. The Hall–Kier alpha value is 0.430. The first kappa shape index (κ1) is 19.5. The maximum atomic E-state index is 11.5. The maximum absolute atomic E-state index is 11.5. The van der Waals surface area contributed by atoms with Crippen LogP contribution in [0, 0.1) is 0 Å². The van der Waals surface area contributed by atoms with Crippen molar-refractivity contribution < 1.29 is 46.4 Å². The average Bonchev–Trinajstić information content (AvgIpc) is 2.17. The minimum Gasteiger partial charge on any atom is -0.404 e. The van der Waals surface area contributed by atoms with Crippen LogP contribution in [0.15, 0.2) is 27.1 Å². The molecule has 2 atom stereocenters. The fraction of sp³-hybridized carbons (Fsp3) is 0. The van der Waals surface area contributed by atoms with Gasteiger partial charge in [-0.05, 0) is 50.1 Å². The van der Waals surface area contributed by atoms with Crippen molar-refractivity contribution in [1.82, 2.24) is 0 Å². The Morgan fingerprint density at radius 1 is 0.857 bits per heavy atom. The molecule has 0 radical (unpaired) electrons. The van der Waals surface area contributed by atoms with E-state index in [9.17, 15) is 18.6 Å². The van der Waals surface area contributed by atoms with Crippen molar-refractivity contribution in [3.05, 3.63) is 27.1 Å². The highest BCUT2D eigenvalue weighted by Crippen LogP contribution is 2.66. The van der Waals surface area contributed by atoms with E-state index in [4.69, 9.17) is 14.7 Å². The third-order valence-electron chi connectivity index (χ3n) is 1.53. The Labute approximate surface area is 134 Å². The monoisotopic (exact) mass is 490 g/mol. The van der Waals surface area contributed by atoms with Gasteiger partial charge >= 0.3 is 23.5 Å². The predicted molar refractivity (Wildman–Crippen MR) is 76.3 cm³/mol. The van der Waals surface area contributed by atoms with Gasteiger partial charge in [0.05, 0.1) is 0 Å². The van der Waals surface area contributed by atoms with Gasteiger partial charge in [0.1, 0.15) is 5.75 Å². The lowest BCUT2D eigenvalue weighted by atomic mass is 10.3. The summed E-state index contributed by atoms with van der Waals surface area (Å²) < 4.78 is 45.7. The lowest BCUT2D eigenvalue weighted by molar-refractivity contribution is 0.207. The summed E-state index contributed by atoms with van der Waals surface area (Å²) in [5.41, 5.74) is 0. The summed E-state index contributed by atoms with van der Waals surface area (Å²) in [7, 11) is -16.1. The van der Waals surface area contributed by atoms with Crippen LogP contribution < -0.4 is 4.52 Å². The number of phosphoric ester groups is 1. The molecule has 1 rings (SSSR count). The van der Waals surface area contributed by atoms with Crippen LogP contribution in [-0.4, -0.2) is 19.6 Å². The molecule has 0 aliphatic carbocycles. The molecule has 0 spiro atoms. The van der Waals surface area contributed by atoms with E-state index < -0.39 is 23.5 Å². The molecule has 15 heteroatoms. The van der Waals surface area contributed by atoms with Crippen LogP contribution in [0.4, 0.5) is 0 Å². The van der Waals surface area contributed by atoms with Crippen molar-refractivity contribution in [1.29, 1.82) is 0 Å². The molecule has 0 bridgehead atoms. The Morgan fingerprint density at radius 2 is 1.43 bits per heavy atom. The fourth-order valence-electron chi connectivity index (χ4n) is 0.963. The van der Waals surface area contributed by atoms with E-state index in [0.29, 0.717) is 8.95 Å². The summed E-state index contributed by atoms with van der Waals surface area (Å²) in [6, 6.07) is 3.90. The van der Waals surface area contributed by atoms with Gasteiger partial charge in [-0.2, -0.15) is 8.62 Å². The van der Waals surface area contributed by atoms with Gasteiger partial charge in [0.15, 0.2) is 0 Å². The lowest BCUT2D eigenvalue weighted by Crippen LogP contribution is -1.98. The van der Waals surface area contributed by atoms with Crippen molar-refractivity contribution in [2.45, 2.75) is 0 Å². The fourth-order valence-corrected chi connectivity index (χ4v) is 4.59. The molecule has 2 unspecified atom stereocenters.